The van der Waals surface area contributed by atoms with Crippen molar-refractivity contribution in [2.45, 2.75) is 42.2 Å². The van der Waals surface area contributed by atoms with Gasteiger partial charge in [-0.2, -0.15) is 0 Å². The van der Waals surface area contributed by atoms with Gasteiger partial charge in [0.1, 0.15) is 0 Å². The van der Waals surface area contributed by atoms with Crippen LogP contribution in [-0.4, -0.2) is 23.6 Å². The van der Waals surface area contributed by atoms with E-state index in [2.05, 4.69) is 17.4 Å². The number of alkyl halides is 1. The number of carbonyl (C=O) groups is 1. The van der Waals surface area contributed by atoms with Crippen LogP contribution >= 0.6 is 23.4 Å². The zero-order valence-corrected chi connectivity index (χ0v) is 13.1. The standard InChI is InChI=1S/C16H20ClNOS/c17-10-16(7-3-4-8-16)11-18-15(19)14-9-12-5-1-2-6-13(12)20-14/h1-2,5-6,14H,3-4,7-11H2,(H,18,19). The van der Waals surface area contributed by atoms with Crippen LogP contribution in [0.4, 0.5) is 0 Å². The molecule has 0 saturated heterocycles. The van der Waals surface area contributed by atoms with Gasteiger partial charge in [-0.3, -0.25) is 4.79 Å². The summed E-state index contributed by atoms with van der Waals surface area (Å²) in [6, 6.07) is 8.30. The molecule has 1 amide bonds. The van der Waals surface area contributed by atoms with Crippen LogP contribution in [0.2, 0.25) is 0 Å². The highest BCUT2D eigenvalue weighted by atomic mass is 35.5. The summed E-state index contributed by atoms with van der Waals surface area (Å²) in [6.07, 6.45) is 5.63. The molecule has 1 N–H and O–H groups in total. The topological polar surface area (TPSA) is 29.1 Å². The Labute approximate surface area is 129 Å². The second-order valence-electron chi connectivity index (χ2n) is 5.98. The molecule has 2 nitrogen and oxygen atoms in total. The van der Waals surface area contributed by atoms with Gasteiger partial charge in [0.2, 0.25) is 5.91 Å². The van der Waals surface area contributed by atoms with E-state index >= 15 is 0 Å². The van der Waals surface area contributed by atoms with Gasteiger partial charge in [-0.25, -0.2) is 0 Å². The van der Waals surface area contributed by atoms with Gasteiger partial charge < -0.3 is 5.32 Å². The fraction of sp³-hybridized carbons (Fsp3) is 0.562. The molecule has 1 unspecified atom stereocenters. The molecular formula is C16H20ClNOS. The smallest absolute Gasteiger partial charge is 0.233 e. The lowest BCUT2D eigenvalue weighted by molar-refractivity contribution is -0.120. The Bertz CT molecular complexity index is 474. The average molecular weight is 310 g/mol. The number of halogens is 1. The van der Waals surface area contributed by atoms with Gasteiger partial charge in [-0.05, 0) is 30.9 Å². The van der Waals surface area contributed by atoms with Crippen LogP contribution in [0.3, 0.4) is 0 Å². The van der Waals surface area contributed by atoms with Crippen molar-refractivity contribution in [1.82, 2.24) is 5.32 Å². The van der Waals surface area contributed by atoms with E-state index in [1.165, 1.54) is 23.3 Å². The number of benzene rings is 1. The molecule has 1 aromatic carbocycles. The average Bonchev–Trinajstić information content (AvgIpc) is 3.12. The molecule has 1 aliphatic carbocycles. The van der Waals surface area contributed by atoms with E-state index in [-0.39, 0.29) is 16.6 Å². The van der Waals surface area contributed by atoms with E-state index in [0.717, 1.165) is 25.8 Å². The Kier molecular flexibility index (Phi) is 4.27. The lowest BCUT2D eigenvalue weighted by Crippen LogP contribution is -2.41. The van der Waals surface area contributed by atoms with Crippen LogP contribution in [0.1, 0.15) is 31.2 Å². The molecule has 1 saturated carbocycles. The van der Waals surface area contributed by atoms with Crippen molar-refractivity contribution in [3.8, 4) is 0 Å². The second-order valence-corrected chi connectivity index (χ2v) is 7.49. The SMILES string of the molecule is O=C(NCC1(CCl)CCCC1)C1Cc2ccccc2S1. The quantitative estimate of drug-likeness (QED) is 0.861. The Hall–Kier alpha value is -0.670. The number of amides is 1. The van der Waals surface area contributed by atoms with Crippen LogP contribution in [0.5, 0.6) is 0 Å². The fourth-order valence-corrected chi connectivity index (χ4v) is 4.78. The molecule has 0 spiro atoms. The van der Waals surface area contributed by atoms with Crippen molar-refractivity contribution >= 4 is 29.3 Å². The molecule has 1 fully saturated rings. The highest BCUT2D eigenvalue weighted by Crippen LogP contribution is 2.39. The summed E-state index contributed by atoms with van der Waals surface area (Å²) in [5.74, 6) is 0.827. The highest BCUT2D eigenvalue weighted by molar-refractivity contribution is 8.01. The first-order valence-electron chi connectivity index (χ1n) is 7.31. The fourth-order valence-electron chi connectivity index (χ4n) is 3.20. The summed E-state index contributed by atoms with van der Waals surface area (Å²) in [5, 5.41) is 3.18. The van der Waals surface area contributed by atoms with Gasteiger partial charge in [0.05, 0.1) is 5.25 Å². The third kappa shape index (κ3) is 2.84. The molecule has 0 bridgehead atoms. The molecule has 20 heavy (non-hydrogen) atoms. The summed E-state index contributed by atoms with van der Waals surface area (Å²) < 4.78 is 0. The predicted octanol–water partition coefficient (Wildman–Crippen LogP) is 3.62. The number of hydrogen-bond donors (Lipinski definition) is 1. The molecule has 0 radical (unpaired) electrons. The van der Waals surface area contributed by atoms with Crippen molar-refractivity contribution in [3.05, 3.63) is 29.8 Å². The maximum absolute atomic E-state index is 12.4. The van der Waals surface area contributed by atoms with Gasteiger partial charge in [-0.15, -0.1) is 23.4 Å². The summed E-state index contributed by atoms with van der Waals surface area (Å²) in [7, 11) is 0. The van der Waals surface area contributed by atoms with Crippen molar-refractivity contribution in [3.63, 3.8) is 0 Å². The minimum absolute atomic E-state index is 0.0289. The molecule has 2 aliphatic rings. The third-order valence-electron chi connectivity index (χ3n) is 4.52. The molecule has 3 rings (SSSR count). The van der Waals surface area contributed by atoms with Gasteiger partial charge in [0, 0.05) is 22.7 Å². The van der Waals surface area contributed by atoms with E-state index < -0.39 is 0 Å². The van der Waals surface area contributed by atoms with E-state index in [1.54, 1.807) is 11.8 Å². The van der Waals surface area contributed by atoms with E-state index in [4.69, 9.17) is 11.6 Å². The van der Waals surface area contributed by atoms with Crippen molar-refractivity contribution < 1.29 is 4.79 Å². The maximum atomic E-state index is 12.4. The number of fused-ring (bicyclic) bond motifs is 1. The van der Waals surface area contributed by atoms with Crippen LogP contribution in [0.25, 0.3) is 0 Å². The third-order valence-corrected chi connectivity index (χ3v) is 6.41. The summed E-state index contributed by atoms with van der Waals surface area (Å²) in [5.41, 5.74) is 1.44. The minimum Gasteiger partial charge on any atom is -0.355 e. The van der Waals surface area contributed by atoms with Crippen LogP contribution < -0.4 is 5.32 Å². The van der Waals surface area contributed by atoms with Crippen LogP contribution in [0, 0.1) is 5.41 Å². The van der Waals surface area contributed by atoms with Gasteiger partial charge in [0.25, 0.3) is 0 Å². The normalized spacial score (nSPS) is 23.6. The number of carbonyl (C=O) groups excluding carboxylic acids is 1. The summed E-state index contributed by atoms with van der Waals surface area (Å²) in [6.45, 7) is 0.739. The second kappa shape index (κ2) is 5.98. The Balaban J connectivity index is 1.56. The Morgan fingerprint density at radius 2 is 2.10 bits per heavy atom. The number of rotatable bonds is 4. The van der Waals surface area contributed by atoms with E-state index in [0.29, 0.717) is 5.88 Å². The first-order valence-corrected chi connectivity index (χ1v) is 8.72. The van der Waals surface area contributed by atoms with Gasteiger partial charge in [-0.1, -0.05) is 31.0 Å². The van der Waals surface area contributed by atoms with Crippen LogP contribution in [-0.2, 0) is 11.2 Å². The van der Waals surface area contributed by atoms with Crippen molar-refractivity contribution in [2.24, 2.45) is 5.41 Å². The van der Waals surface area contributed by atoms with Gasteiger partial charge >= 0.3 is 0 Å². The molecule has 4 heteroatoms. The molecule has 1 atom stereocenters. The predicted molar refractivity (Wildman–Crippen MR) is 84.4 cm³/mol. The number of hydrogen-bond acceptors (Lipinski definition) is 2. The summed E-state index contributed by atoms with van der Waals surface area (Å²) >= 11 is 7.81. The molecule has 1 aliphatic heterocycles. The van der Waals surface area contributed by atoms with E-state index in [1.807, 2.05) is 12.1 Å². The zero-order chi connectivity index (χ0) is 14.0. The summed E-state index contributed by atoms with van der Waals surface area (Å²) in [4.78, 5) is 13.6. The van der Waals surface area contributed by atoms with Crippen LogP contribution in [0.15, 0.2) is 29.2 Å². The number of nitrogens with one attached hydrogen (secondary N) is 1. The van der Waals surface area contributed by atoms with Crippen molar-refractivity contribution in [1.29, 1.82) is 0 Å². The zero-order valence-electron chi connectivity index (χ0n) is 11.5. The number of thioether (sulfide) groups is 1. The molecule has 0 aromatic heterocycles. The van der Waals surface area contributed by atoms with E-state index in [9.17, 15) is 4.79 Å². The molecular weight excluding hydrogens is 290 g/mol. The van der Waals surface area contributed by atoms with Crippen molar-refractivity contribution in [2.75, 3.05) is 12.4 Å². The Morgan fingerprint density at radius 3 is 2.80 bits per heavy atom. The monoisotopic (exact) mass is 309 g/mol. The van der Waals surface area contributed by atoms with Gasteiger partial charge in [0.15, 0.2) is 0 Å². The lowest BCUT2D eigenvalue weighted by Gasteiger charge is -2.27. The first-order chi connectivity index (χ1) is 9.72. The maximum Gasteiger partial charge on any atom is 0.233 e. The largest absolute Gasteiger partial charge is 0.355 e. The molecule has 108 valence electrons. The lowest BCUT2D eigenvalue weighted by atomic mass is 9.88. The molecule has 1 heterocycles. The first kappa shape index (κ1) is 14.3. The molecule has 1 aromatic rings. The Morgan fingerprint density at radius 1 is 1.35 bits per heavy atom. The highest BCUT2D eigenvalue weighted by Gasteiger charge is 2.35. The minimum atomic E-state index is 0.0289.